The average Bonchev–Trinajstić information content (AvgIpc) is 2.81. The molecule has 0 spiro atoms. The average molecular weight is 510 g/mol. The lowest BCUT2D eigenvalue weighted by Crippen LogP contribution is -2.27. The first-order chi connectivity index (χ1) is 16.3. The maximum absolute atomic E-state index is 11.8. The van der Waals surface area contributed by atoms with E-state index in [4.69, 9.17) is 13.8 Å². The van der Waals surface area contributed by atoms with Crippen LogP contribution in [0.2, 0.25) is 0 Å². The van der Waals surface area contributed by atoms with Gasteiger partial charge in [0.15, 0.2) is 0 Å². The molecule has 0 fully saturated rings. The van der Waals surface area contributed by atoms with E-state index < -0.39 is 26.5 Å². The Morgan fingerprint density at radius 3 is 1.94 bits per heavy atom. The van der Waals surface area contributed by atoms with Gasteiger partial charge >= 0.3 is 13.8 Å². The standard InChI is InChI=1S/C24H48NO8P/c1-3-5-7-9-10-11-12-13-14-16-23(27)25-18-19-32-34(29,30)33-21-22(26)20-31-24(28)17-15-8-6-4-2/h22,26H,3-21H2,1-2H3,(H,25,27)(H,29,30). The Kier molecular flexibility index (Phi) is 21.8. The second kappa shape index (κ2) is 22.5. The molecule has 202 valence electrons. The molecule has 0 aliphatic rings. The molecular formula is C24H48NO8P. The maximum Gasteiger partial charge on any atom is 0.472 e. The quantitative estimate of drug-likeness (QED) is 0.0938. The van der Waals surface area contributed by atoms with Gasteiger partial charge in [0.1, 0.15) is 12.7 Å². The fourth-order valence-electron chi connectivity index (χ4n) is 3.26. The molecule has 0 heterocycles. The predicted molar refractivity (Wildman–Crippen MR) is 132 cm³/mol. The highest BCUT2D eigenvalue weighted by Gasteiger charge is 2.23. The van der Waals surface area contributed by atoms with Gasteiger partial charge in [0, 0.05) is 19.4 Å². The molecule has 1 amide bonds. The Morgan fingerprint density at radius 1 is 0.794 bits per heavy atom. The Hall–Kier alpha value is -0.990. The summed E-state index contributed by atoms with van der Waals surface area (Å²) in [4.78, 5) is 33.0. The summed E-state index contributed by atoms with van der Waals surface area (Å²) in [5.74, 6) is -0.538. The van der Waals surface area contributed by atoms with Crippen molar-refractivity contribution in [2.24, 2.45) is 0 Å². The predicted octanol–water partition coefficient (Wildman–Crippen LogP) is 5.03. The van der Waals surface area contributed by atoms with Crippen LogP contribution in [-0.4, -0.2) is 54.3 Å². The Labute approximate surface area is 205 Å². The lowest BCUT2D eigenvalue weighted by molar-refractivity contribution is -0.147. The summed E-state index contributed by atoms with van der Waals surface area (Å²) < 4.78 is 26.3. The SMILES string of the molecule is CCCCCCCCCCCC(=O)NCCOP(=O)(O)OCC(O)COC(=O)CCCCCC. The highest BCUT2D eigenvalue weighted by atomic mass is 31.2. The molecule has 9 nitrogen and oxygen atoms in total. The van der Waals surface area contributed by atoms with Crippen molar-refractivity contribution < 1.29 is 37.9 Å². The van der Waals surface area contributed by atoms with Crippen LogP contribution in [-0.2, 0) is 27.9 Å². The number of hydrogen-bond acceptors (Lipinski definition) is 7. The number of rotatable bonds is 24. The van der Waals surface area contributed by atoms with E-state index in [0.717, 1.165) is 44.9 Å². The van der Waals surface area contributed by atoms with Gasteiger partial charge < -0.3 is 20.1 Å². The van der Waals surface area contributed by atoms with Gasteiger partial charge in [-0.25, -0.2) is 4.57 Å². The Bertz CT molecular complexity index is 561. The molecule has 0 aromatic heterocycles. The second-order valence-electron chi connectivity index (χ2n) is 8.67. The molecule has 2 unspecified atom stereocenters. The molecule has 0 rings (SSSR count). The first-order valence-electron chi connectivity index (χ1n) is 13.0. The zero-order valence-corrected chi connectivity index (χ0v) is 22.2. The number of ether oxygens (including phenoxy) is 1. The number of esters is 1. The van der Waals surface area contributed by atoms with E-state index in [-0.39, 0.29) is 32.1 Å². The van der Waals surface area contributed by atoms with Crippen LogP contribution in [0.3, 0.4) is 0 Å². The lowest BCUT2D eigenvalue weighted by atomic mass is 10.1. The summed E-state index contributed by atoms with van der Waals surface area (Å²) in [7, 11) is -4.38. The van der Waals surface area contributed by atoms with Crippen molar-refractivity contribution in [3.8, 4) is 0 Å². The lowest BCUT2D eigenvalue weighted by Gasteiger charge is -2.15. The highest BCUT2D eigenvalue weighted by Crippen LogP contribution is 2.42. The highest BCUT2D eigenvalue weighted by molar-refractivity contribution is 7.47. The van der Waals surface area contributed by atoms with Crippen molar-refractivity contribution in [2.45, 2.75) is 116 Å². The minimum Gasteiger partial charge on any atom is -0.463 e. The molecule has 0 aromatic carbocycles. The molecule has 2 atom stereocenters. The number of amides is 1. The van der Waals surface area contributed by atoms with Crippen molar-refractivity contribution >= 4 is 19.7 Å². The first kappa shape index (κ1) is 33.0. The molecule has 0 bridgehead atoms. The van der Waals surface area contributed by atoms with Crippen molar-refractivity contribution in [3.05, 3.63) is 0 Å². The third-order valence-corrected chi connectivity index (χ3v) is 6.27. The monoisotopic (exact) mass is 509 g/mol. The summed E-state index contributed by atoms with van der Waals surface area (Å²) in [6.07, 6.45) is 13.9. The fourth-order valence-corrected chi connectivity index (χ4v) is 4.02. The van der Waals surface area contributed by atoms with Gasteiger partial charge in [-0.3, -0.25) is 18.6 Å². The number of aliphatic hydroxyl groups is 1. The van der Waals surface area contributed by atoms with Gasteiger partial charge in [-0.05, 0) is 12.8 Å². The molecule has 0 saturated carbocycles. The van der Waals surface area contributed by atoms with Crippen LogP contribution in [0.4, 0.5) is 0 Å². The van der Waals surface area contributed by atoms with Gasteiger partial charge in [0.2, 0.25) is 5.91 Å². The molecule has 0 radical (unpaired) electrons. The zero-order valence-electron chi connectivity index (χ0n) is 21.3. The summed E-state index contributed by atoms with van der Waals surface area (Å²) >= 11 is 0. The van der Waals surface area contributed by atoms with Crippen LogP contribution in [0, 0.1) is 0 Å². The Balaban J connectivity index is 3.69. The summed E-state index contributed by atoms with van der Waals surface area (Å²) in [5.41, 5.74) is 0. The zero-order chi connectivity index (χ0) is 25.5. The van der Waals surface area contributed by atoms with Crippen LogP contribution >= 0.6 is 7.82 Å². The smallest absolute Gasteiger partial charge is 0.463 e. The molecule has 3 N–H and O–H groups in total. The van der Waals surface area contributed by atoms with Crippen LogP contribution in [0.5, 0.6) is 0 Å². The van der Waals surface area contributed by atoms with Gasteiger partial charge in [0.05, 0.1) is 13.2 Å². The van der Waals surface area contributed by atoms with Crippen LogP contribution in [0.1, 0.15) is 110 Å². The van der Waals surface area contributed by atoms with E-state index in [1.807, 2.05) is 0 Å². The number of phosphoric ester groups is 1. The number of carbonyl (C=O) groups excluding carboxylic acids is 2. The normalized spacial score (nSPS) is 13.9. The molecule has 0 aromatic rings. The number of hydrogen-bond donors (Lipinski definition) is 3. The van der Waals surface area contributed by atoms with E-state index >= 15 is 0 Å². The van der Waals surface area contributed by atoms with Gasteiger partial charge in [-0.1, -0.05) is 84.5 Å². The molecular weight excluding hydrogens is 461 g/mol. The topological polar surface area (TPSA) is 131 Å². The molecule has 34 heavy (non-hydrogen) atoms. The third kappa shape index (κ3) is 22.8. The second-order valence-corrected chi connectivity index (χ2v) is 10.1. The van der Waals surface area contributed by atoms with Crippen molar-refractivity contribution in [3.63, 3.8) is 0 Å². The largest absolute Gasteiger partial charge is 0.472 e. The van der Waals surface area contributed by atoms with Gasteiger partial charge in [0.25, 0.3) is 0 Å². The fraction of sp³-hybridized carbons (Fsp3) is 0.917. The van der Waals surface area contributed by atoms with Crippen molar-refractivity contribution in [1.82, 2.24) is 5.32 Å². The molecule has 0 aliphatic carbocycles. The van der Waals surface area contributed by atoms with E-state index in [2.05, 4.69) is 19.2 Å². The van der Waals surface area contributed by atoms with E-state index in [1.165, 1.54) is 38.5 Å². The van der Waals surface area contributed by atoms with Crippen molar-refractivity contribution in [2.75, 3.05) is 26.4 Å². The number of nitrogens with one attached hydrogen (secondary N) is 1. The van der Waals surface area contributed by atoms with Crippen LogP contribution in [0.15, 0.2) is 0 Å². The Morgan fingerprint density at radius 2 is 1.32 bits per heavy atom. The number of aliphatic hydroxyl groups excluding tert-OH is 1. The van der Waals surface area contributed by atoms with Gasteiger partial charge in [-0.2, -0.15) is 0 Å². The number of carbonyl (C=O) groups is 2. The van der Waals surface area contributed by atoms with E-state index in [1.54, 1.807) is 0 Å². The third-order valence-electron chi connectivity index (χ3n) is 5.29. The minimum absolute atomic E-state index is 0.0857. The summed E-state index contributed by atoms with van der Waals surface area (Å²) in [6, 6.07) is 0. The molecule has 10 heteroatoms. The molecule has 0 aliphatic heterocycles. The number of phosphoric acid groups is 1. The minimum atomic E-state index is -4.38. The summed E-state index contributed by atoms with van der Waals surface area (Å²) in [6.45, 7) is 3.35. The van der Waals surface area contributed by atoms with E-state index in [9.17, 15) is 24.2 Å². The summed E-state index contributed by atoms with van der Waals surface area (Å²) in [5, 5.41) is 12.4. The van der Waals surface area contributed by atoms with Crippen LogP contribution in [0.25, 0.3) is 0 Å². The van der Waals surface area contributed by atoms with Crippen LogP contribution < -0.4 is 5.32 Å². The first-order valence-corrected chi connectivity index (χ1v) is 14.5. The number of unbranched alkanes of at least 4 members (excludes halogenated alkanes) is 11. The van der Waals surface area contributed by atoms with Crippen molar-refractivity contribution in [1.29, 1.82) is 0 Å². The van der Waals surface area contributed by atoms with E-state index in [0.29, 0.717) is 6.42 Å². The van der Waals surface area contributed by atoms with Gasteiger partial charge in [-0.15, -0.1) is 0 Å². The molecule has 0 saturated heterocycles. The maximum atomic E-state index is 11.8.